The number of hydrogen-bond acceptors (Lipinski definition) is 2. The van der Waals surface area contributed by atoms with Crippen molar-refractivity contribution in [3.8, 4) is 0 Å². The topological polar surface area (TPSA) is 20.7 Å². The van der Waals surface area contributed by atoms with Crippen LogP contribution in [-0.4, -0.2) is 9.55 Å². The summed E-state index contributed by atoms with van der Waals surface area (Å²) in [6.07, 6.45) is 0. The van der Waals surface area contributed by atoms with Gasteiger partial charge in [-0.15, -0.1) is 11.3 Å². The maximum absolute atomic E-state index is 6.04. The maximum atomic E-state index is 6.04. The fourth-order valence-corrected chi connectivity index (χ4v) is 4.25. The zero-order chi connectivity index (χ0) is 14.4. The molecule has 1 N–H and O–H groups in total. The number of hydrogen-bond donors (Lipinski definition) is 1. The molecule has 2 aromatic heterocycles. The lowest BCUT2D eigenvalue weighted by Gasteiger charge is -2.14. The van der Waals surface area contributed by atoms with Gasteiger partial charge < -0.3 is 9.55 Å². The van der Waals surface area contributed by atoms with Crippen LogP contribution in [0.1, 0.15) is 28.3 Å². The van der Waals surface area contributed by atoms with E-state index in [1.165, 1.54) is 15.3 Å². The molecular weight excluding hydrogens is 308 g/mol. The molecular formula is C15H15ClN2S2. The highest BCUT2D eigenvalue weighted by atomic mass is 35.5. The molecule has 0 saturated carbocycles. The van der Waals surface area contributed by atoms with E-state index < -0.39 is 0 Å². The van der Waals surface area contributed by atoms with Crippen molar-refractivity contribution in [2.45, 2.75) is 26.8 Å². The summed E-state index contributed by atoms with van der Waals surface area (Å²) < 4.78 is 2.90. The summed E-state index contributed by atoms with van der Waals surface area (Å²) in [7, 11) is 0. The van der Waals surface area contributed by atoms with Gasteiger partial charge in [-0.2, -0.15) is 0 Å². The molecule has 2 nitrogen and oxygen atoms in total. The van der Waals surface area contributed by atoms with E-state index in [4.69, 9.17) is 23.8 Å². The van der Waals surface area contributed by atoms with Crippen molar-refractivity contribution < 1.29 is 0 Å². The molecule has 3 aromatic rings. The molecule has 1 aromatic carbocycles. The van der Waals surface area contributed by atoms with Gasteiger partial charge >= 0.3 is 0 Å². The lowest BCUT2D eigenvalue weighted by atomic mass is 10.1. The van der Waals surface area contributed by atoms with Gasteiger partial charge in [-0.1, -0.05) is 11.6 Å². The number of halogens is 1. The number of rotatable bonds is 2. The third kappa shape index (κ3) is 2.22. The van der Waals surface area contributed by atoms with Crippen LogP contribution >= 0.6 is 35.2 Å². The molecule has 0 amide bonds. The van der Waals surface area contributed by atoms with Crippen molar-refractivity contribution in [1.29, 1.82) is 0 Å². The zero-order valence-corrected chi connectivity index (χ0v) is 13.9. The van der Waals surface area contributed by atoms with Gasteiger partial charge in [-0.05, 0) is 62.8 Å². The van der Waals surface area contributed by atoms with E-state index in [2.05, 4.69) is 36.4 Å². The first kappa shape index (κ1) is 13.9. The molecule has 20 heavy (non-hydrogen) atoms. The third-order valence-corrected chi connectivity index (χ3v) is 5.11. The number of aromatic nitrogens is 2. The predicted octanol–water partition coefficient (Wildman–Crippen LogP) is 5.64. The summed E-state index contributed by atoms with van der Waals surface area (Å²) in [4.78, 5) is 5.92. The lowest BCUT2D eigenvalue weighted by molar-refractivity contribution is 0.648. The van der Waals surface area contributed by atoms with Crippen LogP contribution in [0, 0.1) is 18.6 Å². The van der Waals surface area contributed by atoms with Gasteiger partial charge in [-0.25, -0.2) is 0 Å². The number of aryl methyl sites for hydroxylation is 2. The van der Waals surface area contributed by atoms with Crippen LogP contribution in [0.2, 0.25) is 5.02 Å². The number of aromatic amines is 1. The predicted molar refractivity (Wildman–Crippen MR) is 89.7 cm³/mol. The second-order valence-electron chi connectivity index (χ2n) is 5.01. The van der Waals surface area contributed by atoms with Gasteiger partial charge in [0.05, 0.1) is 17.1 Å². The Labute approximate surface area is 132 Å². The van der Waals surface area contributed by atoms with E-state index in [-0.39, 0.29) is 6.04 Å². The van der Waals surface area contributed by atoms with Gasteiger partial charge in [-0.3, -0.25) is 0 Å². The fraction of sp³-hybridized carbons (Fsp3) is 0.267. The van der Waals surface area contributed by atoms with Crippen molar-refractivity contribution in [3.63, 3.8) is 0 Å². The van der Waals surface area contributed by atoms with E-state index in [0.29, 0.717) is 0 Å². The van der Waals surface area contributed by atoms with E-state index in [0.717, 1.165) is 20.8 Å². The number of nitrogens with zero attached hydrogens (tertiary/aromatic N) is 1. The molecule has 0 aliphatic carbocycles. The van der Waals surface area contributed by atoms with Crippen LogP contribution in [0.4, 0.5) is 0 Å². The number of imidazole rings is 1. The fourth-order valence-electron chi connectivity index (χ4n) is 2.69. The quantitative estimate of drug-likeness (QED) is 0.605. The standard InChI is InChI=1S/C15H15ClN2S2/c1-8-6-12(10(3)20-8)9(2)18-14-5-4-11(16)7-13(14)17-15(18)19/h4-7,9H,1-3H3,(H,17,19). The SMILES string of the molecule is Cc1cc(C(C)n2c(=S)[nH]c3cc(Cl)ccc32)c(C)s1. The molecule has 0 saturated heterocycles. The van der Waals surface area contributed by atoms with Crippen molar-refractivity contribution >= 4 is 46.2 Å². The van der Waals surface area contributed by atoms with Gasteiger partial charge in [0.2, 0.25) is 0 Å². The monoisotopic (exact) mass is 322 g/mol. The average molecular weight is 323 g/mol. The Kier molecular flexibility index (Phi) is 3.48. The van der Waals surface area contributed by atoms with Crippen molar-refractivity contribution in [2.24, 2.45) is 0 Å². The summed E-state index contributed by atoms with van der Waals surface area (Å²) >= 11 is 13.4. The van der Waals surface area contributed by atoms with E-state index in [9.17, 15) is 0 Å². The van der Waals surface area contributed by atoms with Crippen LogP contribution < -0.4 is 0 Å². The molecule has 104 valence electrons. The minimum atomic E-state index is 0.211. The van der Waals surface area contributed by atoms with Crippen LogP contribution in [-0.2, 0) is 0 Å². The van der Waals surface area contributed by atoms with Crippen LogP contribution in [0.5, 0.6) is 0 Å². The lowest BCUT2D eigenvalue weighted by Crippen LogP contribution is -2.06. The third-order valence-electron chi connectivity index (χ3n) is 3.60. The molecule has 0 radical (unpaired) electrons. The first-order valence-electron chi connectivity index (χ1n) is 6.44. The molecule has 0 bridgehead atoms. The average Bonchev–Trinajstić information content (AvgIpc) is 2.87. The highest BCUT2D eigenvalue weighted by Gasteiger charge is 2.16. The Balaban J connectivity index is 2.21. The molecule has 5 heteroatoms. The number of thiophene rings is 1. The summed E-state index contributed by atoms with van der Waals surface area (Å²) in [5.74, 6) is 0. The van der Waals surface area contributed by atoms with Gasteiger partial charge in [0.15, 0.2) is 4.77 Å². The molecule has 0 aliphatic rings. The molecule has 0 aliphatic heterocycles. The van der Waals surface area contributed by atoms with Gasteiger partial charge in [0.1, 0.15) is 0 Å². The minimum Gasteiger partial charge on any atom is -0.331 e. The number of benzene rings is 1. The second kappa shape index (κ2) is 5.02. The van der Waals surface area contributed by atoms with E-state index in [1.807, 2.05) is 29.5 Å². The first-order chi connectivity index (χ1) is 9.47. The number of nitrogens with one attached hydrogen (secondary N) is 1. The Morgan fingerprint density at radius 2 is 2.05 bits per heavy atom. The Morgan fingerprint density at radius 1 is 1.30 bits per heavy atom. The van der Waals surface area contributed by atoms with Gasteiger partial charge in [0.25, 0.3) is 0 Å². The molecule has 0 fully saturated rings. The summed E-state index contributed by atoms with van der Waals surface area (Å²) in [5.41, 5.74) is 3.41. The highest BCUT2D eigenvalue weighted by Crippen LogP contribution is 2.31. The molecule has 2 heterocycles. The summed E-state index contributed by atoms with van der Waals surface area (Å²) in [5, 5.41) is 0.719. The Hall–Kier alpha value is -1.10. The minimum absolute atomic E-state index is 0.211. The van der Waals surface area contributed by atoms with Crippen molar-refractivity contribution in [3.05, 3.63) is 49.4 Å². The largest absolute Gasteiger partial charge is 0.331 e. The molecule has 1 unspecified atom stereocenters. The van der Waals surface area contributed by atoms with Crippen LogP contribution in [0.25, 0.3) is 11.0 Å². The highest BCUT2D eigenvalue weighted by molar-refractivity contribution is 7.71. The molecule has 3 rings (SSSR count). The van der Waals surface area contributed by atoms with E-state index in [1.54, 1.807) is 0 Å². The maximum Gasteiger partial charge on any atom is 0.178 e. The Bertz CT molecular complexity index is 841. The summed E-state index contributed by atoms with van der Waals surface area (Å²) in [6.45, 7) is 6.49. The smallest absolute Gasteiger partial charge is 0.178 e. The van der Waals surface area contributed by atoms with E-state index >= 15 is 0 Å². The number of H-pyrrole nitrogens is 1. The second-order valence-corrected chi connectivity index (χ2v) is 7.29. The summed E-state index contributed by atoms with van der Waals surface area (Å²) in [6, 6.07) is 8.31. The molecule has 1 atom stereocenters. The number of fused-ring (bicyclic) bond motifs is 1. The van der Waals surface area contributed by atoms with Crippen molar-refractivity contribution in [2.75, 3.05) is 0 Å². The zero-order valence-electron chi connectivity index (χ0n) is 11.5. The first-order valence-corrected chi connectivity index (χ1v) is 8.04. The van der Waals surface area contributed by atoms with Crippen LogP contribution in [0.3, 0.4) is 0 Å². The molecule has 0 spiro atoms. The van der Waals surface area contributed by atoms with Crippen molar-refractivity contribution in [1.82, 2.24) is 9.55 Å². The Morgan fingerprint density at radius 3 is 2.70 bits per heavy atom. The van der Waals surface area contributed by atoms with Gasteiger partial charge in [0, 0.05) is 14.8 Å². The normalized spacial score (nSPS) is 13.0. The van der Waals surface area contributed by atoms with Crippen LogP contribution in [0.15, 0.2) is 24.3 Å².